The van der Waals surface area contributed by atoms with Crippen molar-refractivity contribution in [2.24, 2.45) is 5.92 Å². The van der Waals surface area contributed by atoms with Crippen molar-refractivity contribution in [2.75, 3.05) is 26.2 Å². The third-order valence-corrected chi connectivity index (χ3v) is 8.16. The number of nitrogens with zero attached hydrogens (tertiary/aromatic N) is 1. The average Bonchev–Trinajstić information content (AvgIpc) is 3.38. The summed E-state index contributed by atoms with van der Waals surface area (Å²) in [4.78, 5) is 15.7. The minimum Gasteiger partial charge on any atom is -0.492 e. The van der Waals surface area contributed by atoms with Crippen LogP contribution in [0, 0.1) is 5.92 Å². The largest absolute Gasteiger partial charge is 0.492 e. The Balaban J connectivity index is 1.12. The van der Waals surface area contributed by atoms with Crippen molar-refractivity contribution >= 4 is 17.3 Å². The van der Waals surface area contributed by atoms with Crippen LogP contribution < -0.4 is 9.47 Å². The number of carbonyl (C=O) groups excluding carboxylic acids is 1. The number of esters is 1. The van der Waals surface area contributed by atoms with Gasteiger partial charge in [0.05, 0.1) is 13.0 Å². The monoisotopic (exact) mass is 483 g/mol. The van der Waals surface area contributed by atoms with E-state index in [9.17, 15) is 4.79 Å². The lowest BCUT2D eigenvalue weighted by Crippen LogP contribution is -2.44. The van der Waals surface area contributed by atoms with Crippen LogP contribution in [-0.2, 0) is 28.0 Å². The Bertz CT molecular complexity index is 1010. The van der Waals surface area contributed by atoms with Crippen molar-refractivity contribution in [1.29, 1.82) is 0 Å². The first kappa shape index (κ1) is 23.7. The standard InChI is InChI=1S/C28H37NO4S/c1-27(2,3)33-26(30)8-11-29-12-9-28(10-13-29)19-32-25-16-22(6-7-24(25)28)31-17-23-15-21(18-34-23)14-20-4-5-20/h6-7,15-16,18,20H,4-5,8-14,17,19H2,1-3H3. The molecule has 1 spiro atoms. The number of hydrogen-bond donors (Lipinski definition) is 0. The van der Waals surface area contributed by atoms with E-state index in [1.807, 2.05) is 20.8 Å². The second kappa shape index (κ2) is 9.54. The maximum absolute atomic E-state index is 12.1. The highest BCUT2D eigenvalue weighted by Gasteiger charge is 2.43. The molecule has 0 N–H and O–H groups in total. The van der Waals surface area contributed by atoms with Gasteiger partial charge in [0, 0.05) is 28.5 Å². The van der Waals surface area contributed by atoms with Gasteiger partial charge in [0.2, 0.25) is 0 Å². The summed E-state index contributed by atoms with van der Waals surface area (Å²) in [6.07, 6.45) is 6.56. The molecule has 2 aliphatic heterocycles. The summed E-state index contributed by atoms with van der Waals surface area (Å²) in [6.45, 7) is 9.81. The number of hydrogen-bond acceptors (Lipinski definition) is 6. The number of piperidine rings is 1. The first-order valence-electron chi connectivity index (χ1n) is 12.7. The predicted octanol–water partition coefficient (Wildman–Crippen LogP) is 5.74. The lowest BCUT2D eigenvalue weighted by molar-refractivity contribution is -0.155. The van der Waals surface area contributed by atoms with E-state index in [1.165, 1.54) is 35.3 Å². The minimum absolute atomic E-state index is 0.0851. The lowest BCUT2D eigenvalue weighted by Gasteiger charge is -2.38. The van der Waals surface area contributed by atoms with Crippen LogP contribution in [0.2, 0.25) is 0 Å². The van der Waals surface area contributed by atoms with Crippen LogP contribution in [-0.4, -0.2) is 42.7 Å². The van der Waals surface area contributed by atoms with E-state index in [1.54, 1.807) is 11.3 Å². The normalized spacial score (nSPS) is 19.6. The highest BCUT2D eigenvalue weighted by Crippen LogP contribution is 2.46. The molecule has 6 heteroatoms. The fourth-order valence-corrected chi connectivity index (χ4v) is 5.94. The van der Waals surface area contributed by atoms with E-state index in [4.69, 9.17) is 14.2 Å². The number of thiophene rings is 1. The summed E-state index contributed by atoms with van der Waals surface area (Å²) < 4.78 is 17.7. The Kier molecular flexibility index (Phi) is 6.64. The molecule has 1 aliphatic carbocycles. The first-order valence-corrected chi connectivity index (χ1v) is 13.6. The Morgan fingerprint density at radius 3 is 2.74 bits per heavy atom. The first-order chi connectivity index (χ1) is 16.3. The number of benzene rings is 1. The molecule has 0 bridgehead atoms. The molecule has 1 aromatic heterocycles. The van der Waals surface area contributed by atoms with Crippen LogP contribution >= 0.6 is 11.3 Å². The van der Waals surface area contributed by atoms with Gasteiger partial charge < -0.3 is 19.1 Å². The molecule has 5 nitrogen and oxygen atoms in total. The molecular formula is C28H37NO4S. The van der Waals surface area contributed by atoms with Crippen molar-refractivity contribution < 1.29 is 19.0 Å². The number of likely N-dealkylation sites (tertiary alicyclic amines) is 1. The molecular weight excluding hydrogens is 446 g/mol. The molecule has 2 fully saturated rings. The second-order valence-corrected chi connectivity index (χ2v) is 12.3. The van der Waals surface area contributed by atoms with E-state index in [0.29, 0.717) is 13.0 Å². The molecule has 184 valence electrons. The van der Waals surface area contributed by atoms with Crippen molar-refractivity contribution in [1.82, 2.24) is 4.90 Å². The highest BCUT2D eigenvalue weighted by molar-refractivity contribution is 7.10. The third kappa shape index (κ3) is 5.77. The molecule has 3 heterocycles. The number of ether oxygens (including phenoxy) is 3. The van der Waals surface area contributed by atoms with Crippen LogP contribution in [0.4, 0.5) is 0 Å². The van der Waals surface area contributed by atoms with E-state index < -0.39 is 5.60 Å². The molecule has 0 atom stereocenters. The average molecular weight is 484 g/mol. The molecule has 0 unspecified atom stereocenters. The fourth-order valence-electron chi connectivity index (χ4n) is 5.12. The van der Waals surface area contributed by atoms with Crippen LogP contribution in [0.15, 0.2) is 29.6 Å². The zero-order valence-electron chi connectivity index (χ0n) is 20.7. The van der Waals surface area contributed by atoms with Crippen molar-refractivity contribution in [3.8, 4) is 11.5 Å². The van der Waals surface area contributed by atoms with Crippen LogP contribution in [0.25, 0.3) is 0 Å². The van der Waals surface area contributed by atoms with Gasteiger partial charge in [-0.2, -0.15) is 0 Å². The maximum Gasteiger partial charge on any atom is 0.307 e. The van der Waals surface area contributed by atoms with Gasteiger partial charge in [-0.15, -0.1) is 11.3 Å². The molecule has 1 saturated carbocycles. The molecule has 2 aromatic rings. The van der Waals surface area contributed by atoms with Gasteiger partial charge in [0.25, 0.3) is 0 Å². The van der Waals surface area contributed by atoms with E-state index >= 15 is 0 Å². The number of fused-ring (bicyclic) bond motifs is 2. The van der Waals surface area contributed by atoms with Crippen molar-refractivity contribution in [3.63, 3.8) is 0 Å². The third-order valence-electron chi connectivity index (χ3n) is 7.20. The van der Waals surface area contributed by atoms with Gasteiger partial charge in [0.1, 0.15) is 23.7 Å². The summed E-state index contributed by atoms with van der Waals surface area (Å²) in [5.74, 6) is 2.65. The Hall–Kier alpha value is -2.05. The lowest BCUT2D eigenvalue weighted by atomic mass is 9.74. The quantitative estimate of drug-likeness (QED) is 0.448. The SMILES string of the molecule is CC(C)(C)OC(=O)CCN1CCC2(CC1)COc1cc(OCc3cc(CC4CC4)cs3)ccc12. The smallest absolute Gasteiger partial charge is 0.307 e. The molecule has 34 heavy (non-hydrogen) atoms. The van der Waals surface area contributed by atoms with E-state index in [0.717, 1.165) is 56.5 Å². The topological polar surface area (TPSA) is 48.0 Å². The number of carbonyl (C=O) groups is 1. The summed E-state index contributed by atoms with van der Waals surface area (Å²) in [5.41, 5.74) is 2.44. The maximum atomic E-state index is 12.1. The van der Waals surface area contributed by atoms with Crippen LogP contribution in [0.1, 0.15) is 68.9 Å². The minimum atomic E-state index is -0.417. The summed E-state index contributed by atoms with van der Waals surface area (Å²) >= 11 is 1.80. The van der Waals surface area contributed by atoms with Crippen LogP contribution in [0.3, 0.4) is 0 Å². The summed E-state index contributed by atoms with van der Waals surface area (Å²) in [7, 11) is 0. The van der Waals surface area contributed by atoms with Gasteiger partial charge in [0.15, 0.2) is 0 Å². The zero-order valence-corrected chi connectivity index (χ0v) is 21.5. The number of rotatable bonds is 8. The second-order valence-electron chi connectivity index (χ2n) is 11.3. The van der Waals surface area contributed by atoms with E-state index in [2.05, 4.69) is 34.5 Å². The van der Waals surface area contributed by atoms with E-state index in [-0.39, 0.29) is 11.4 Å². The van der Waals surface area contributed by atoms with Crippen LogP contribution in [0.5, 0.6) is 11.5 Å². The fraction of sp³-hybridized carbons (Fsp3) is 0.607. The van der Waals surface area contributed by atoms with Gasteiger partial charge >= 0.3 is 5.97 Å². The summed E-state index contributed by atoms with van der Waals surface area (Å²) in [5, 5.41) is 2.28. The Morgan fingerprint density at radius 1 is 1.21 bits per heavy atom. The molecule has 3 aliphatic rings. The Morgan fingerprint density at radius 2 is 2.00 bits per heavy atom. The molecule has 0 radical (unpaired) electrons. The predicted molar refractivity (Wildman–Crippen MR) is 135 cm³/mol. The summed E-state index contributed by atoms with van der Waals surface area (Å²) in [6, 6.07) is 8.68. The van der Waals surface area contributed by atoms with Gasteiger partial charge in [-0.05, 0) is 95.0 Å². The van der Waals surface area contributed by atoms with Gasteiger partial charge in [-0.3, -0.25) is 4.79 Å². The van der Waals surface area contributed by atoms with Gasteiger partial charge in [-0.1, -0.05) is 6.07 Å². The Labute approximate surface area is 207 Å². The zero-order chi connectivity index (χ0) is 23.8. The molecule has 0 amide bonds. The van der Waals surface area contributed by atoms with Crippen molar-refractivity contribution in [2.45, 2.75) is 76.9 Å². The molecule has 1 aromatic carbocycles. The van der Waals surface area contributed by atoms with Crippen molar-refractivity contribution in [3.05, 3.63) is 45.6 Å². The molecule has 5 rings (SSSR count). The van der Waals surface area contributed by atoms with Gasteiger partial charge in [-0.25, -0.2) is 0 Å². The highest BCUT2D eigenvalue weighted by atomic mass is 32.1. The molecule has 1 saturated heterocycles.